The SMILES string of the molecule is CCC(=O)Nc1ccc(C(=O)N/N=C\c2ccc(Cl)c([N+](=O)[O-])c2)cc1. The van der Waals surface area contributed by atoms with Gasteiger partial charge in [0.2, 0.25) is 5.91 Å². The summed E-state index contributed by atoms with van der Waals surface area (Å²) in [5.41, 5.74) is 3.43. The largest absolute Gasteiger partial charge is 0.326 e. The standard InChI is InChI=1S/C17H15ClN4O4/c1-2-16(23)20-13-6-4-12(5-7-13)17(24)21-19-10-11-3-8-14(18)15(9-11)22(25)26/h3-10H,2H2,1H3,(H,20,23)(H,21,24)/b19-10-. The van der Waals surface area contributed by atoms with Crippen molar-refractivity contribution < 1.29 is 14.5 Å². The highest BCUT2D eigenvalue weighted by molar-refractivity contribution is 6.32. The molecule has 0 unspecified atom stereocenters. The second-order valence-corrected chi connectivity index (χ2v) is 5.55. The van der Waals surface area contributed by atoms with Crippen LogP contribution in [0.3, 0.4) is 0 Å². The molecule has 9 heteroatoms. The van der Waals surface area contributed by atoms with Crippen molar-refractivity contribution in [3.63, 3.8) is 0 Å². The van der Waals surface area contributed by atoms with Crippen molar-refractivity contribution in [1.29, 1.82) is 0 Å². The molecule has 0 bridgehead atoms. The lowest BCUT2D eigenvalue weighted by atomic mass is 10.2. The molecule has 0 aliphatic rings. The molecule has 2 aromatic rings. The predicted molar refractivity (Wildman–Crippen MR) is 98.5 cm³/mol. The van der Waals surface area contributed by atoms with Gasteiger partial charge < -0.3 is 5.32 Å². The Labute approximate surface area is 154 Å². The van der Waals surface area contributed by atoms with Crippen molar-refractivity contribution in [2.24, 2.45) is 5.10 Å². The van der Waals surface area contributed by atoms with Gasteiger partial charge in [-0.15, -0.1) is 0 Å². The van der Waals surface area contributed by atoms with Crippen LogP contribution in [0.2, 0.25) is 5.02 Å². The number of nitro groups is 1. The minimum absolute atomic E-state index is 0.0199. The Morgan fingerprint density at radius 2 is 1.92 bits per heavy atom. The van der Waals surface area contributed by atoms with Gasteiger partial charge in [-0.1, -0.05) is 24.6 Å². The van der Waals surface area contributed by atoms with Crippen LogP contribution in [0.5, 0.6) is 0 Å². The molecule has 0 saturated carbocycles. The third-order valence-corrected chi connectivity index (χ3v) is 3.62. The van der Waals surface area contributed by atoms with Crippen LogP contribution in [-0.4, -0.2) is 23.0 Å². The van der Waals surface area contributed by atoms with Crippen LogP contribution in [0.15, 0.2) is 47.6 Å². The summed E-state index contributed by atoms with van der Waals surface area (Å²) in [5, 5.41) is 17.3. The first-order valence-corrected chi connectivity index (χ1v) is 7.95. The fraction of sp³-hybridized carbons (Fsp3) is 0.118. The highest BCUT2D eigenvalue weighted by Gasteiger charge is 2.12. The average Bonchev–Trinajstić information content (AvgIpc) is 2.63. The fourth-order valence-electron chi connectivity index (χ4n) is 1.93. The summed E-state index contributed by atoms with van der Waals surface area (Å²) in [6, 6.07) is 10.5. The Morgan fingerprint density at radius 1 is 1.23 bits per heavy atom. The van der Waals surface area contributed by atoms with Crippen LogP contribution in [0.25, 0.3) is 0 Å². The highest BCUT2D eigenvalue weighted by atomic mass is 35.5. The molecule has 2 amide bonds. The number of amides is 2. The van der Waals surface area contributed by atoms with Gasteiger partial charge in [0.15, 0.2) is 0 Å². The van der Waals surface area contributed by atoms with Crippen molar-refractivity contribution in [2.45, 2.75) is 13.3 Å². The van der Waals surface area contributed by atoms with Gasteiger partial charge in [0.05, 0.1) is 11.1 Å². The minimum atomic E-state index is -0.600. The number of hydrazone groups is 1. The number of nitrogens with one attached hydrogen (secondary N) is 2. The first-order chi connectivity index (χ1) is 12.4. The number of anilines is 1. The molecule has 26 heavy (non-hydrogen) atoms. The van der Waals surface area contributed by atoms with E-state index in [-0.39, 0.29) is 16.6 Å². The van der Waals surface area contributed by atoms with Crippen LogP contribution in [-0.2, 0) is 4.79 Å². The van der Waals surface area contributed by atoms with Crippen molar-refractivity contribution >= 4 is 41.0 Å². The number of hydrogen-bond acceptors (Lipinski definition) is 5. The van der Waals surface area contributed by atoms with E-state index in [4.69, 9.17) is 11.6 Å². The molecule has 8 nitrogen and oxygen atoms in total. The highest BCUT2D eigenvalue weighted by Crippen LogP contribution is 2.24. The van der Waals surface area contributed by atoms with Gasteiger partial charge in [-0.2, -0.15) is 5.10 Å². The van der Waals surface area contributed by atoms with Gasteiger partial charge in [0.1, 0.15) is 5.02 Å². The molecule has 2 N–H and O–H groups in total. The summed E-state index contributed by atoms with van der Waals surface area (Å²) in [4.78, 5) is 33.6. The lowest BCUT2D eigenvalue weighted by Gasteiger charge is -2.04. The van der Waals surface area contributed by atoms with Gasteiger partial charge in [-0.05, 0) is 30.3 Å². The molecule has 0 radical (unpaired) electrons. The Hall–Kier alpha value is -3.26. The number of benzene rings is 2. The topological polar surface area (TPSA) is 114 Å². The van der Waals surface area contributed by atoms with E-state index in [1.54, 1.807) is 31.2 Å². The normalized spacial score (nSPS) is 10.5. The Bertz CT molecular complexity index is 866. The van der Waals surface area contributed by atoms with Gasteiger partial charge in [0.25, 0.3) is 11.6 Å². The van der Waals surface area contributed by atoms with E-state index in [9.17, 15) is 19.7 Å². The Morgan fingerprint density at radius 3 is 2.54 bits per heavy atom. The number of halogens is 1. The molecular formula is C17H15ClN4O4. The quantitative estimate of drug-likeness (QED) is 0.458. The monoisotopic (exact) mass is 374 g/mol. The maximum atomic E-state index is 12.0. The Balaban J connectivity index is 2.00. The van der Waals surface area contributed by atoms with E-state index < -0.39 is 10.8 Å². The molecule has 0 aliphatic carbocycles. The lowest BCUT2D eigenvalue weighted by Crippen LogP contribution is -2.17. The van der Waals surface area contributed by atoms with Gasteiger partial charge in [0, 0.05) is 29.3 Å². The van der Waals surface area contributed by atoms with Gasteiger partial charge in [-0.25, -0.2) is 5.43 Å². The van der Waals surface area contributed by atoms with Crippen LogP contribution in [0, 0.1) is 10.1 Å². The number of carbonyl (C=O) groups excluding carboxylic acids is 2. The smallest absolute Gasteiger partial charge is 0.288 e. The fourth-order valence-corrected chi connectivity index (χ4v) is 2.12. The van der Waals surface area contributed by atoms with E-state index in [0.717, 1.165) is 0 Å². The molecule has 0 atom stereocenters. The predicted octanol–water partition coefficient (Wildman–Crippen LogP) is 3.36. The zero-order valence-corrected chi connectivity index (χ0v) is 14.5. The second-order valence-electron chi connectivity index (χ2n) is 5.15. The third-order valence-electron chi connectivity index (χ3n) is 3.30. The number of carbonyl (C=O) groups is 2. The molecule has 0 aliphatic heterocycles. The number of hydrogen-bond donors (Lipinski definition) is 2. The summed E-state index contributed by atoms with van der Waals surface area (Å²) in [6.45, 7) is 1.74. The summed E-state index contributed by atoms with van der Waals surface area (Å²) in [6.07, 6.45) is 1.64. The molecule has 134 valence electrons. The first-order valence-electron chi connectivity index (χ1n) is 7.58. The number of rotatable bonds is 6. The Kier molecular flexibility index (Phi) is 6.40. The van der Waals surface area contributed by atoms with Crippen molar-refractivity contribution in [3.05, 3.63) is 68.7 Å². The maximum absolute atomic E-state index is 12.0. The summed E-state index contributed by atoms with van der Waals surface area (Å²) < 4.78 is 0. The molecule has 2 aromatic carbocycles. The molecule has 0 fully saturated rings. The van der Waals surface area contributed by atoms with E-state index >= 15 is 0 Å². The van der Waals surface area contributed by atoms with Gasteiger partial charge >= 0.3 is 0 Å². The minimum Gasteiger partial charge on any atom is -0.326 e. The van der Waals surface area contributed by atoms with E-state index in [0.29, 0.717) is 23.2 Å². The van der Waals surface area contributed by atoms with E-state index in [2.05, 4.69) is 15.8 Å². The lowest BCUT2D eigenvalue weighted by molar-refractivity contribution is -0.384. The van der Waals surface area contributed by atoms with E-state index in [1.165, 1.54) is 24.4 Å². The summed E-state index contributed by atoms with van der Waals surface area (Å²) >= 11 is 5.73. The number of nitro benzene ring substituents is 1. The first kappa shape index (κ1) is 19.1. The maximum Gasteiger partial charge on any atom is 0.288 e. The van der Waals surface area contributed by atoms with Crippen molar-refractivity contribution in [2.75, 3.05) is 5.32 Å². The third kappa shape index (κ3) is 5.12. The zero-order chi connectivity index (χ0) is 19.1. The van der Waals surface area contributed by atoms with Crippen LogP contribution >= 0.6 is 11.6 Å². The van der Waals surface area contributed by atoms with Crippen LogP contribution < -0.4 is 10.7 Å². The molecule has 0 spiro atoms. The van der Waals surface area contributed by atoms with Crippen molar-refractivity contribution in [1.82, 2.24) is 5.43 Å². The number of nitrogens with zero attached hydrogens (tertiary/aromatic N) is 2. The summed E-state index contributed by atoms with van der Waals surface area (Å²) in [7, 11) is 0. The van der Waals surface area contributed by atoms with Gasteiger partial charge in [-0.3, -0.25) is 19.7 Å². The molecule has 0 aromatic heterocycles. The molecule has 2 rings (SSSR count). The molecule has 0 heterocycles. The average molecular weight is 375 g/mol. The molecular weight excluding hydrogens is 360 g/mol. The van der Waals surface area contributed by atoms with Crippen LogP contribution in [0.1, 0.15) is 29.3 Å². The zero-order valence-electron chi connectivity index (χ0n) is 13.7. The molecule has 0 saturated heterocycles. The second kappa shape index (κ2) is 8.72. The van der Waals surface area contributed by atoms with Crippen molar-refractivity contribution in [3.8, 4) is 0 Å². The van der Waals surface area contributed by atoms with Crippen LogP contribution in [0.4, 0.5) is 11.4 Å². The van der Waals surface area contributed by atoms with E-state index in [1.807, 2.05) is 0 Å². The summed E-state index contributed by atoms with van der Waals surface area (Å²) in [5.74, 6) is -0.582.